The maximum atomic E-state index is 12.3. The summed E-state index contributed by atoms with van der Waals surface area (Å²) in [5.74, 6) is -1.24. The summed E-state index contributed by atoms with van der Waals surface area (Å²) in [4.78, 5) is 29.0. The van der Waals surface area contributed by atoms with Crippen LogP contribution in [0.5, 0.6) is 0 Å². The maximum absolute atomic E-state index is 12.3. The average Bonchev–Trinajstić information content (AvgIpc) is 2.86. The van der Waals surface area contributed by atoms with Gasteiger partial charge in [0.1, 0.15) is 11.7 Å². The predicted octanol–water partition coefficient (Wildman–Crippen LogP) is 2.07. The molecule has 1 aromatic rings. The summed E-state index contributed by atoms with van der Waals surface area (Å²) in [6.45, 7) is 6.71. The molecule has 2 heterocycles. The van der Waals surface area contributed by atoms with E-state index in [2.05, 4.69) is 25.8 Å². The third-order valence-electron chi connectivity index (χ3n) is 3.65. The molecular formula is C15H20N2O3. The SMILES string of the molecule is CC(C)(C)c1ccc(C(=O)N2CCC[C@@H]2C(=O)O)nc1. The van der Waals surface area contributed by atoms with E-state index in [0.29, 0.717) is 18.7 Å². The van der Waals surface area contributed by atoms with Gasteiger partial charge in [0, 0.05) is 12.7 Å². The Balaban J connectivity index is 2.19. The number of likely N-dealkylation sites (tertiary alicyclic amines) is 1. The lowest BCUT2D eigenvalue weighted by atomic mass is 9.88. The Morgan fingerprint density at radius 3 is 2.55 bits per heavy atom. The van der Waals surface area contributed by atoms with E-state index in [1.165, 1.54) is 4.90 Å². The van der Waals surface area contributed by atoms with Crippen LogP contribution in [0.15, 0.2) is 18.3 Å². The summed E-state index contributed by atoms with van der Waals surface area (Å²) < 4.78 is 0. The van der Waals surface area contributed by atoms with E-state index in [0.717, 1.165) is 12.0 Å². The summed E-state index contributed by atoms with van der Waals surface area (Å²) in [5.41, 5.74) is 1.34. The summed E-state index contributed by atoms with van der Waals surface area (Å²) in [7, 11) is 0. The third-order valence-corrected chi connectivity index (χ3v) is 3.65. The van der Waals surface area contributed by atoms with E-state index < -0.39 is 12.0 Å². The number of nitrogens with zero attached hydrogens (tertiary/aromatic N) is 2. The highest BCUT2D eigenvalue weighted by Gasteiger charge is 2.34. The smallest absolute Gasteiger partial charge is 0.326 e. The Morgan fingerprint density at radius 1 is 1.35 bits per heavy atom. The lowest BCUT2D eigenvalue weighted by Gasteiger charge is -2.22. The summed E-state index contributed by atoms with van der Waals surface area (Å²) >= 11 is 0. The molecule has 0 aliphatic carbocycles. The highest BCUT2D eigenvalue weighted by atomic mass is 16.4. The van der Waals surface area contributed by atoms with Gasteiger partial charge >= 0.3 is 5.97 Å². The van der Waals surface area contributed by atoms with E-state index >= 15 is 0 Å². The molecular weight excluding hydrogens is 256 g/mol. The Hall–Kier alpha value is -1.91. The van der Waals surface area contributed by atoms with Crippen LogP contribution >= 0.6 is 0 Å². The number of pyridine rings is 1. The van der Waals surface area contributed by atoms with Crippen molar-refractivity contribution in [2.45, 2.75) is 45.1 Å². The van der Waals surface area contributed by atoms with Crippen LogP contribution in [0, 0.1) is 0 Å². The fourth-order valence-electron chi connectivity index (χ4n) is 2.38. The number of carboxylic acid groups (broad SMARTS) is 1. The van der Waals surface area contributed by atoms with E-state index in [-0.39, 0.29) is 11.3 Å². The van der Waals surface area contributed by atoms with Crippen LogP contribution in [0.25, 0.3) is 0 Å². The molecule has 1 amide bonds. The first-order valence-electron chi connectivity index (χ1n) is 6.81. The molecule has 1 aliphatic heterocycles. The van der Waals surface area contributed by atoms with E-state index in [1.807, 2.05) is 6.07 Å². The van der Waals surface area contributed by atoms with Crippen molar-refractivity contribution >= 4 is 11.9 Å². The monoisotopic (exact) mass is 276 g/mol. The number of aliphatic carboxylic acids is 1. The number of amides is 1. The van der Waals surface area contributed by atoms with Gasteiger partial charge in [-0.2, -0.15) is 0 Å². The van der Waals surface area contributed by atoms with E-state index in [4.69, 9.17) is 5.11 Å². The number of carbonyl (C=O) groups excluding carboxylic acids is 1. The van der Waals surface area contributed by atoms with Gasteiger partial charge in [-0.25, -0.2) is 4.79 Å². The van der Waals surface area contributed by atoms with Crippen molar-refractivity contribution in [3.05, 3.63) is 29.6 Å². The molecule has 0 bridgehead atoms. The van der Waals surface area contributed by atoms with Crippen molar-refractivity contribution in [3.8, 4) is 0 Å². The van der Waals surface area contributed by atoms with Crippen LogP contribution in [-0.4, -0.2) is 39.5 Å². The molecule has 1 N–H and O–H groups in total. The first-order chi connectivity index (χ1) is 9.30. The second kappa shape index (κ2) is 5.23. The van der Waals surface area contributed by atoms with Crippen molar-refractivity contribution in [2.24, 2.45) is 0 Å². The van der Waals surface area contributed by atoms with Crippen LogP contribution < -0.4 is 0 Å². The minimum Gasteiger partial charge on any atom is -0.480 e. The molecule has 0 spiro atoms. The van der Waals surface area contributed by atoms with Gasteiger partial charge in [-0.15, -0.1) is 0 Å². The van der Waals surface area contributed by atoms with Crippen LogP contribution in [0.4, 0.5) is 0 Å². The van der Waals surface area contributed by atoms with E-state index in [9.17, 15) is 9.59 Å². The van der Waals surface area contributed by atoms with Gasteiger partial charge < -0.3 is 10.0 Å². The van der Waals surface area contributed by atoms with Crippen LogP contribution in [0.2, 0.25) is 0 Å². The second-order valence-corrected chi connectivity index (χ2v) is 6.18. The summed E-state index contributed by atoms with van der Waals surface area (Å²) in [6, 6.07) is 2.85. The van der Waals surface area contributed by atoms with Crippen molar-refractivity contribution in [3.63, 3.8) is 0 Å². The van der Waals surface area contributed by atoms with Crippen LogP contribution in [0.3, 0.4) is 0 Å². The van der Waals surface area contributed by atoms with Crippen LogP contribution in [0.1, 0.15) is 49.7 Å². The van der Waals surface area contributed by atoms with Crippen LogP contribution in [-0.2, 0) is 10.2 Å². The topological polar surface area (TPSA) is 70.5 Å². The fourth-order valence-corrected chi connectivity index (χ4v) is 2.38. The van der Waals surface area contributed by atoms with Gasteiger partial charge in [0.05, 0.1) is 0 Å². The number of carbonyl (C=O) groups is 2. The quantitative estimate of drug-likeness (QED) is 0.897. The number of hydrogen-bond donors (Lipinski definition) is 1. The van der Waals surface area contributed by atoms with Gasteiger partial charge in [-0.05, 0) is 29.9 Å². The normalized spacial score (nSPS) is 19.1. The Bertz CT molecular complexity index is 517. The number of rotatable bonds is 2. The standard InChI is InChI=1S/C15H20N2O3/c1-15(2,3)10-6-7-11(16-9-10)13(18)17-8-4-5-12(17)14(19)20/h6-7,9,12H,4-5,8H2,1-3H3,(H,19,20)/t12-/m1/s1. The lowest BCUT2D eigenvalue weighted by molar-refractivity contribution is -0.141. The molecule has 0 unspecified atom stereocenters. The van der Waals surface area contributed by atoms with Crippen molar-refractivity contribution in [1.82, 2.24) is 9.88 Å². The Labute approximate surface area is 118 Å². The first kappa shape index (κ1) is 14.5. The third kappa shape index (κ3) is 2.81. The van der Waals surface area contributed by atoms with Crippen molar-refractivity contribution < 1.29 is 14.7 Å². The molecule has 0 radical (unpaired) electrons. The molecule has 0 aromatic carbocycles. The van der Waals surface area contributed by atoms with E-state index in [1.54, 1.807) is 12.3 Å². The van der Waals surface area contributed by atoms with Gasteiger partial charge in [-0.3, -0.25) is 9.78 Å². The molecule has 5 heteroatoms. The molecule has 1 aliphatic rings. The molecule has 20 heavy (non-hydrogen) atoms. The summed E-state index contributed by atoms with van der Waals surface area (Å²) in [5, 5.41) is 9.12. The highest BCUT2D eigenvalue weighted by Crippen LogP contribution is 2.23. The zero-order valence-corrected chi connectivity index (χ0v) is 12.1. The highest BCUT2D eigenvalue weighted by molar-refractivity contribution is 5.95. The minimum absolute atomic E-state index is 0.0220. The number of hydrogen-bond acceptors (Lipinski definition) is 3. The molecule has 108 valence electrons. The lowest BCUT2D eigenvalue weighted by Crippen LogP contribution is -2.40. The molecule has 1 saturated heterocycles. The Morgan fingerprint density at radius 2 is 2.05 bits per heavy atom. The molecule has 1 fully saturated rings. The zero-order chi connectivity index (χ0) is 14.9. The summed E-state index contributed by atoms with van der Waals surface area (Å²) in [6.07, 6.45) is 2.93. The number of aromatic nitrogens is 1. The molecule has 2 rings (SSSR count). The molecule has 1 aromatic heterocycles. The van der Waals surface area contributed by atoms with Crippen molar-refractivity contribution in [1.29, 1.82) is 0 Å². The zero-order valence-electron chi connectivity index (χ0n) is 12.1. The van der Waals surface area contributed by atoms with Gasteiger partial charge in [0.25, 0.3) is 5.91 Å². The maximum Gasteiger partial charge on any atom is 0.326 e. The van der Waals surface area contributed by atoms with Gasteiger partial charge in [0.2, 0.25) is 0 Å². The van der Waals surface area contributed by atoms with Crippen molar-refractivity contribution in [2.75, 3.05) is 6.54 Å². The number of carboxylic acids is 1. The predicted molar refractivity (Wildman–Crippen MR) is 74.6 cm³/mol. The second-order valence-electron chi connectivity index (χ2n) is 6.18. The van der Waals surface area contributed by atoms with Gasteiger partial charge in [-0.1, -0.05) is 26.8 Å². The largest absolute Gasteiger partial charge is 0.480 e. The Kier molecular flexibility index (Phi) is 3.79. The molecule has 1 atom stereocenters. The van der Waals surface area contributed by atoms with Gasteiger partial charge in [0.15, 0.2) is 0 Å². The fraction of sp³-hybridized carbons (Fsp3) is 0.533. The average molecular weight is 276 g/mol. The minimum atomic E-state index is -0.942. The first-order valence-corrected chi connectivity index (χ1v) is 6.81. The molecule has 0 saturated carbocycles. The molecule has 5 nitrogen and oxygen atoms in total.